The predicted octanol–water partition coefficient (Wildman–Crippen LogP) is 3.63. The molecule has 0 fully saturated rings. The summed E-state index contributed by atoms with van der Waals surface area (Å²) in [7, 11) is 0. The predicted molar refractivity (Wildman–Crippen MR) is 102 cm³/mol. The molecule has 0 saturated heterocycles. The Labute approximate surface area is 155 Å². The largest absolute Gasteiger partial charge is 0.300 e. The third-order valence-electron chi connectivity index (χ3n) is 4.52. The summed E-state index contributed by atoms with van der Waals surface area (Å²) in [4.78, 5) is 17.1. The van der Waals surface area contributed by atoms with E-state index in [1.807, 2.05) is 28.9 Å². The summed E-state index contributed by atoms with van der Waals surface area (Å²) in [5.41, 5.74) is 3.69. The Balaban J connectivity index is 1.73. The van der Waals surface area contributed by atoms with E-state index in [9.17, 15) is 4.79 Å². The minimum Gasteiger partial charge on any atom is -0.300 e. The molecule has 0 unspecified atom stereocenters. The number of nitrogens with one attached hydrogen (secondary N) is 1. The molecule has 0 saturated carbocycles. The van der Waals surface area contributed by atoms with Crippen LogP contribution < -0.4 is 5.32 Å². The maximum absolute atomic E-state index is 12.8. The number of carbonyl (C=O) groups excluding carboxylic acids is 1. The maximum atomic E-state index is 12.8. The molecule has 2 aliphatic rings. The Kier molecular flexibility index (Phi) is 4.81. The molecule has 1 amide bonds. The molecule has 2 aromatic rings. The third kappa shape index (κ3) is 3.46. The van der Waals surface area contributed by atoms with Crippen molar-refractivity contribution in [2.24, 2.45) is 4.99 Å². The van der Waals surface area contributed by atoms with E-state index in [1.54, 1.807) is 11.8 Å². The minimum atomic E-state index is -0.154. The lowest BCUT2D eigenvalue weighted by molar-refractivity contribution is 0.0972. The van der Waals surface area contributed by atoms with Crippen molar-refractivity contribution in [3.63, 3.8) is 0 Å². The first-order valence-corrected chi connectivity index (χ1v) is 9.94. The van der Waals surface area contributed by atoms with Gasteiger partial charge in [-0.3, -0.25) is 15.1 Å². The van der Waals surface area contributed by atoms with Crippen LogP contribution in [0.1, 0.15) is 41.0 Å². The summed E-state index contributed by atoms with van der Waals surface area (Å²) >= 11 is 7.59. The molecular weight excluding hydrogens is 356 g/mol. The van der Waals surface area contributed by atoms with Gasteiger partial charge in [-0.1, -0.05) is 29.8 Å². The number of hydrogen-bond donors (Lipinski definition) is 1. The highest BCUT2D eigenvalue weighted by molar-refractivity contribution is 8.14. The Bertz CT molecular complexity index is 828. The van der Waals surface area contributed by atoms with Crippen LogP contribution in [0.5, 0.6) is 0 Å². The molecule has 0 atom stereocenters. The minimum absolute atomic E-state index is 0.154. The molecule has 130 valence electrons. The van der Waals surface area contributed by atoms with E-state index in [4.69, 9.17) is 11.6 Å². The van der Waals surface area contributed by atoms with Crippen molar-refractivity contribution in [2.45, 2.75) is 32.1 Å². The van der Waals surface area contributed by atoms with Crippen molar-refractivity contribution in [2.75, 3.05) is 12.3 Å². The number of benzene rings is 1. The van der Waals surface area contributed by atoms with Gasteiger partial charge in [0.1, 0.15) is 0 Å². The average Bonchev–Trinajstić information content (AvgIpc) is 3.17. The summed E-state index contributed by atoms with van der Waals surface area (Å²) < 4.78 is 1.91. The van der Waals surface area contributed by atoms with E-state index >= 15 is 0 Å². The van der Waals surface area contributed by atoms with Crippen LogP contribution in [0.25, 0.3) is 5.69 Å². The zero-order valence-corrected chi connectivity index (χ0v) is 15.4. The van der Waals surface area contributed by atoms with Gasteiger partial charge in [0.15, 0.2) is 10.9 Å². The van der Waals surface area contributed by atoms with Gasteiger partial charge in [-0.05, 0) is 49.9 Å². The summed E-state index contributed by atoms with van der Waals surface area (Å²) in [6.45, 7) is 0.762. The topological polar surface area (TPSA) is 59.3 Å². The summed E-state index contributed by atoms with van der Waals surface area (Å²) in [5.74, 6) is 0.770. The number of thioether (sulfide) groups is 1. The number of aromatic nitrogens is 2. The van der Waals surface area contributed by atoms with Crippen molar-refractivity contribution in [3.05, 3.63) is 46.2 Å². The number of rotatable bonds is 2. The highest BCUT2D eigenvalue weighted by atomic mass is 35.5. The second-order valence-electron chi connectivity index (χ2n) is 6.21. The van der Waals surface area contributed by atoms with Crippen molar-refractivity contribution < 1.29 is 4.79 Å². The molecule has 1 aliphatic heterocycles. The van der Waals surface area contributed by atoms with E-state index in [0.717, 1.165) is 54.9 Å². The highest BCUT2D eigenvalue weighted by Gasteiger charge is 2.25. The maximum Gasteiger partial charge on any atom is 0.278 e. The van der Waals surface area contributed by atoms with Crippen LogP contribution in [0.15, 0.2) is 29.3 Å². The SMILES string of the molecule is O=C(NC1=NCCS1)c1nn(-c2ccc(Cl)cc2)c2c1CCCCC2. The first-order chi connectivity index (χ1) is 12.2. The van der Waals surface area contributed by atoms with Gasteiger partial charge < -0.3 is 0 Å². The average molecular weight is 375 g/mol. The molecule has 0 spiro atoms. The molecule has 2 heterocycles. The van der Waals surface area contributed by atoms with Gasteiger partial charge in [0.2, 0.25) is 0 Å². The monoisotopic (exact) mass is 374 g/mol. The molecule has 7 heteroatoms. The fraction of sp³-hybridized carbons (Fsp3) is 0.389. The van der Waals surface area contributed by atoms with Crippen LogP contribution in [0.4, 0.5) is 0 Å². The van der Waals surface area contributed by atoms with Crippen LogP contribution in [-0.2, 0) is 12.8 Å². The summed E-state index contributed by atoms with van der Waals surface area (Å²) in [5, 5.41) is 8.98. The second kappa shape index (κ2) is 7.22. The Morgan fingerprint density at radius 3 is 2.72 bits per heavy atom. The molecule has 1 aromatic heterocycles. The summed E-state index contributed by atoms with van der Waals surface area (Å²) in [6.07, 6.45) is 5.23. The normalized spacial score (nSPS) is 16.9. The van der Waals surface area contributed by atoms with Crippen LogP contribution in [0.3, 0.4) is 0 Å². The first kappa shape index (κ1) is 16.7. The molecule has 0 bridgehead atoms. The van der Waals surface area contributed by atoms with Crippen molar-refractivity contribution in [3.8, 4) is 5.69 Å². The zero-order chi connectivity index (χ0) is 17.2. The molecule has 25 heavy (non-hydrogen) atoms. The number of halogens is 1. The van der Waals surface area contributed by atoms with Crippen LogP contribution in [0, 0.1) is 0 Å². The number of fused-ring (bicyclic) bond motifs is 1. The van der Waals surface area contributed by atoms with Crippen LogP contribution >= 0.6 is 23.4 Å². The fourth-order valence-electron chi connectivity index (χ4n) is 3.32. The number of amides is 1. The third-order valence-corrected chi connectivity index (χ3v) is 5.67. The van der Waals surface area contributed by atoms with E-state index in [-0.39, 0.29) is 5.91 Å². The molecule has 0 radical (unpaired) electrons. The van der Waals surface area contributed by atoms with Gasteiger partial charge in [0.25, 0.3) is 5.91 Å². The smallest absolute Gasteiger partial charge is 0.278 e. The second-order valence-corrected chi connectivity index (χ2v) is 7.73. The first-order valence-electron chi connectivity index (χ1n) is 8.58. The lowest BCUT2D eigenvalue weighted by Gasteiger charge is -2.07. The molecule has 1 N–H and O–H groups in total. The van der Waals surface area contributed by atoms with Gasteiger partial charge in [-0.25, -0.2) is 4.68 Å². The lowest BCUT2D eigenvalue weighted by Crippen LogP contribution is -2.28. The van der Waals surface area contributed by atoms with E-state index in [2.05, 4.69) is 15.4 Å². The number of hydrogen-bond acceptors (Lipinski definition) is 4. The summed E-state index contributed by atoms with van der Waals surface area (Å²) in [6, 6.07) is 7.59. The fourth-order valence-corrected chi connectivity index (χ4v) is 4.17. The van der Waals surface area contributed by atoms with Gasteiger partial charge >= 0.3 is 0 Å². The van der Waals surface area contributed by atoms with Crippen molar-refractivity contribution >= 4 is 34.4 Å². The molecule has 4 rings (SSSR count). The van der Waals surface area contributed by atoms with E-state index < -0.39 is 0 Å². The number of carbonyl (C=O) groups is 1. The molecule has 1 aliphatic carbocycles. The van der Waals surface area contributed by atoms with E-state index in [0.29, 0.717) is 15.9 Å². The van der Waals surface area contributed by atoms with Gasteiger partial charge in [0, 0.05) is 22.0 Å². The van der Waals surface area contributed by atoms with Crippen LogP contribution in [-0.4, -0.2) is 33.2 Å². The van der Waals surface area contributed by atoms with Gasteiger partial charge in [-0.2, -0.15) is 5.10 Å². The Hall–Kier alpha value is -1.79. The lowest BCUT2D eigenvalue weighted by atomic mass is 10.1. The molecule has 1 aromatic carbocycles. The zero-order valence-electron chi connectivity index (χ0n) is 13.8. The quantitative estimate of drug-likeness (QED) is 0.816. The van der Waals surface area contributed by atoms with Crippen molar-refractivity contribution in [1.29, 1.82) is 0 Å². The Morgan fingerprint density at radius 1 is 1.16 bits per heavy atom. The van der Waals surface area contributed by atoms with Crippen molar-refractivity contribution in [1.82, 2.24) is 15.1 Å². The number of nitrogens with zero attached hydrogens (tertiary/aromatic N) is 3. The molecular formula is C18H19ClN4OS. The highest BCUT2D eigenvalue weighted by Crippen LogP contribution is 2.27. The standard InChI is InChI=1S/C18H19ClN4OS/c19-12-6-8-13(9-7-12)23-15-5-3-1-2-4-14(15)16(22-23)17(24)21-18-20-10-11-25-18/h6-9H,1-5,10-11H2,(H,20,21,24). The number of amidine groups is 1. The number of aliphatic imine (C=N–C) groups is 1. The molecule has 5 nitrogen and oxygen atoms in total. The van der Waals surface area contributed by atoms with Gasteiger partial charge in [-0.15, -0.1) is 0 Å². The van der Waals surface area contributed by atoms with Gasteiger partial charge in [0.05, 0.1) is 12.2 Å². The van der Waals surface area contributed by atoms with E-state index in [1.165, 1.54) is 6.42 Å². The van der Waals surface area contributed by atoms with Crippen LogP contribution in [0.2, 0.25) is 5.02 Å². The Morgan fingerprint density at radius 2 is 1.96 bits per heavy atom.